The van der Waals surface area contributed by atoms with Crippen LogP contribution in [0.4, 0.5) is 8.78 Å². The maximum atomic E-state index is 14.5. The van der Waals surface area contributed by atoms with Crippen molar-refractivity contribution in [3.63, 3.8) is 0 Å². The van der Waals surface area contributed by atoms with Crippen LogP contribution in [0, 0.1) is 22.5 Å². The second-order valence-electron chi connectivity index (χ2n) is 11.2. The van der Waals surface area contributed by atoms with Gasteiger partial charge >= 0.3 is 5.97 Å². The summed E-state index contributed by atoms with van der Waals surface area (Å²) in [6.45, 7) is 6.92. The fraction of sp³-hybridized carbons (Fsp3) is 0.731. The van der Waals surface area contributed by atoms with Gasteiger partial charge in [-0.15, -0.1) is 0 Å². The lowest BCUT2D eigenvalue weighted by molar-refractivity contribution is -0.197. The molecule has 2 bridgehead atoms. The number of carboxylic acids is 1. The van der Waals surface area contributed by atoms with Gasteiger partial charge in [0, 0.05) is 13.0 Å². The Balaban J connectivity index is 1.41. The molecule has 8 heteroatoms. The molecule has 3 saturated heterocycles. The van der Waals surface area contributed by atoms with E-state index >= 15 is 0 Å². The van der Waals surface area contributed by atoms with Crippen LogP contribution < -0.4 is 4.74 Å². The van der Waals surface area contributed by atoms with E-state index in [9.17, 15) is 18.7 Å². The molecular weight excluding hydrogens is 446 g/mol. The first kappa shape index (κ1) is 25.3. The summed E-state index contributed by atoms with van der Waals surface area (Å²) in [7, 11) is 0. The summed E-state index contributed by atoms with van der Waals surface area (Å²) in [6, 6.07) is 2.80. The number of ether oxygens (including phenoxy) is 4. The highest BCUT2D eigenvalue weighted by Gasteiger charge is 2.51. The van der Waals surface area contributed by atoms with Gasteiger partial charge in [0.15, 0.2) is 24.0 Å². The molecule has 1 aromatic rings. The molecule has 0 radical (unpaired) electrons. The molecule has 4 aliphatic rings. The Morgan fingerprint density at radius 2 is 1.94 bits per heavy atom. The van der Waals surface area contributed by atoms with E-state index in [1.807, 2.05) is 20.8 Å². The average Bonchev–Trinajstić information content (AvgIpc) is 2.80. The van der Waals surface area contributed by atoms with Gasteiger partial charge in [-0.2, -0.15) is 4.39 Å². The number of carboxylic acid groups (broad SMARTS) is 1. The lowest BCUT2D eigenvalue weighted by Gasteiger charge is -2.53. The molecule has 2 unspecified atom stereocenters. The second kappa shape index (κ2) is 9.70. The summed E-state index contributed by atoms with van der Waals surface area (Å²) in [4.78, 5) is 11.6. The van der Waals surface area contributed by atoms with Gasteiger partial charge in [0.1, 0.15) is 0 Å². The number of aliphatic carboxylic acids is 1. The maximum absolute atomic E-state index is 14.5. The third-order valence-electron chi connectivity index (χ3n) is 7.62. The first-order valence-corrected chi connectivity index (χ1v) is 12.3. The molecule has 6 nitrogen and oxygen atoms in total. The predicted octanol–water partition coefficient (Wildman–Crippen LogP) is 5.56. The molecule has 34 heavy (non-hydrogen) atoms. The predicted molar refractivity (Wildman–Crippen MR) is 121 cm³/mol. The van der Waals surface area contributed by atoms with Crippen LogP contribution in [0.1, 0.15) is 77.7 Å². The van der Waals surface area contributed by atoms with Crippen LogP contribution in [0.3, 0.4) is 0 Å². The number of rotatable bonds is 8. The minimum absolute atomic E-state index is 0.0868. The summed E-state index contributed by atoms with van der Waals surface area (Å²) in [6.07, 6.45) is 4.84. The number of hydrogen-bond donors (Lipinski definition) is 1. The number of carbonyl (C=O) groups is 1. The molecule has 2 atom stereocenters. The summed E-state index contributed by atoms with van der Waals surface area (Å²) < 4.78 is 52.3. The Morgan fingerprint density at radius 1 is 1.21 bits per heavy atom. The van der Waals surface area contributed by atoms with Gasteiger partial charge in [-0.3, -0.25) is 0 Å². The van der Waals surface area contributed by atoms with Gasteiger partial charge in [0.25, 0.3) is 0 Å². The fourth-order valence-electron chi connectivity index (χ4n) is 5.40. The van der Waals surface area contributed by atoms with Gasteiger partial charge in [-0.05, 0) is 73.5 Å². The van der Waals surface area contributed by atoms with E-state index in [4.69, 9.17) is 18.9 Å². The summed E-state index contributed by atoms with van der Waals surface area (Å²) in [5.41, 5.74) is -0.655. The Hall–Kier alpha value is -1.77. The van der Waals surface area contributed by atoms with Gasteiger partial charge < -0.3 is 24.1 Å². The zero-order valence-electron chi connectivity index (χ0n) is 20.3. The first-order chi connectivity index (χ1) is 16.0. The normalized spacial score (nSPS) is 30.2. The number of fused-ring (bicyclic) bond motifs is 3. The van der Waals surface area contributed by atoms with Crippen LogP contribution in [0.2, 0.25) is 0 Å². The number of benzene rings is 1. The van der Waals surface area contributed by atoms with E-state index in [0.29, 0.717) is 51.1 Å². The minimum Gasteiger partial charge on any atom is -0.479 e. The van der Waals surface area contributed by atoms with Crippen LogP contribution in [-0.4, -0.2) is 43.3 Å². The molecule has 190 valence electrons. The molecule has 1 aliphatic carbocycles. The standard InChI is InChI=1S/C26H36F2O6/c1-24(2,3)22(23(29)30)32-13-11-25-7-9-26(10-8-25,33-16-25)17-14-18(27)21(28)19(15-17)34-20-6-4-5-12-31-20/h14-15,20,22H,4-13,16H2,1-3H3,(H,29,30). The van der Waals surface area contributed by atoms with E-state index < -0.39 is 41.0 Å². The van der Waals surface area contributed by atoms with Gasteiger partial charge in [-0.1, -0.05) is 20.8 Å². The van der Waals surface area contributed by atoms with Crippen LogP contribution in [-0.2, 0) is 24.6 Å². The highest BCUT2D eigenvalue weighted by molar-refractivity contribution is 5.73. The van der Waals surface area contributed by atoms with E-state index in [1.165, 1.54) is 6.07 Å². The molecule has 0 aromatic heterocycles. The van der Waals surface area contributed by atoms with Crippen molar-refractivity contribution in [2.75, 3.05) is 19.8 Å². The van der Waals surface area contributed by atoms with Crippen molar-refractivity contribution in [3.8, 4) is 5.75 Å². The largest absolute Gasteiger partial charge is 0.479 e. The van der Waals surface area contributed by atoms with Crippen molar-refractivity contribution < 1.29 is 37.6 Å². The fourth-order valence-corrected chi connectivity index (χ4v) is 5.40. The zero-order chi connectivity index (χ0) is 24.6. The van der Waals surface area contributed by atoms with Crippen LogP contribution in [0.5, 0.6) is 5.75 Å². The number of hydrogen-bond acceptors (Lipinski definition) is 5. The van der Waals surface area contributed by atoms with Crippen molar-refractivity contribution in [1.29, 1.82) is 0 Å². The molecule has 3 aliphatic heterocycles. The smallest absolute Gasteiger partial charge is 0.333 e. The topological polar surface area (TPSA) is 74.2 Å². The maximum Gasteiger partial charge on any atom is 0.333 e. The quantitative estimate of drug-likeness (QED) is 0.523. The van der Waals surface area contributed by atoms with Crippen LogP contribution in [0.15, 0.2) is 12.1 Å². The van der Waals surface area contributed by atoms with E-state index in [-0.39, 0.29) is 11.2 Å². The summed E-state index contributed by atoms with van der Waals surface area (Å²) in [5.74, 6) is -3.03. The Kier molecular flexibility index (Phi) is 7.23. The molecule has 3 heterocycles. The Morgan fingerprint density at radius 3 is 2.50 bits per heavy atom. The molecule has 1 N–H and O–H groups in total. The summed E-state index contributed by atoms with van der Waals surface area (Å²) in [5, 5.41) is 9.48. The Labute approximate surface area is 199 Å². The molecule has 4 fully saturated rings. The van der Waals surface area contributed by atoms with Crippen LogP contribution in [0.25, 0.3) is 0 Å². The Bertz CT molecular complexity index is 865. The molecule has 1 aromatic carbocycles. The van der Waals surface area contributed by atoms with Crippen molar-refractivity contribution >= 4 is 5.97 Å². The monoisotopic (exact) mass is 482 g/mol. The molecular formula is C26H36F2O6. The molecule has 5 rings (SSSR count). The SMILES string of the molecule is CC(C)(C)C(OCCC12CCC(c3cc(F)c(F)c(OC4CCCCO4)c3)(CC1)OC2)C(=O)O. The van der Waals surface area contributed by atoms with Crippen molar-refractivity contribution in [3.05, 3.63) is 29.3 Å². The first-order valence-electron chi connectivity index (χ1n) is 12.3. The highest BCUT2D eigenvalue weighted by Crippen LogP contribution is 2.55. The van der Waals surface area contributed by atoms with Crippen molar-refractivity contribution in [2.45, 2.75) is 90.1 Å². The zero-order valence-corrected chi connectivity index (χ0v) is 20.3. The third-order valence-corrected chi connectivity index (χ3v) is 7.62. The molecule has 1 saturated carbocycles. The summed E-state index contributed by atoms with van der Waals surface area (Å²) >= 11 is 0. The lowest BCUT2D eigenvalue weighted by Crippen LogP contribution is -2.50. The van der Waals surface area contributed by atoms with Crippen molar-refractivity contribution in [2.24, 2.45) is 10.8 Å². The van der Waals surface area contributed by atoms with Gasteiger partial charge in [-0.25, -0.2) is 9.18 Å². The average molecular weight is 483 g/mol. The molecule has 0 amide bonds. The number of halogens is 2. The van der Waals surface area contributed by atoms with Gasteiger partial charge in [0.2, 0.25) is 5.82 Å². The lowest BCUT2D eigenvalue weighted by atomic mass is 9.63. The van der Waals surface area contributed by atoms with E-state index in [0.717, 1.165) is 25.7 Å². The van der Waals surface area contributed by atoms with Crippen LogP contribution >= 0.6 is 0 Å². The molecule has 0 spiro atoms. The second-order valence-corrected chi connectivity index (χ2v) is 11.2. The van der Waals surface area contributed by atoms with E-state index in [1.54, 1.807) is 6.07 Å². The van der Waals surface area contributed by atoms with Gasteiger partial charge in [0.05, 0.1) is 18.8 Å². The highest BCUT2D eigenvalue weighted by atomic mass is 19.2. The van der Waals surface area contributed by atoms with Crippen molar-refractivity contribution in [1.82, 2.24) is 0 Å². The third kappa shape index (κ3) is 5.24. The minimum atomic E-state index is -1.00. The van der Waals surface area contributed by atoms with E-state index in [2.05, 4.69) is 0 Å².